The molecule has 4 aliphatic rings. The molecule has 0 spiro atoms. The molecule has 0 aliphatic carbocycles. The van der Waals surface area contributed by atoms with Gasteiger partial charge in [0.2, 0.25) is 11.8 Å². The lowest BCUT2D eigenvalue weighted by Crippen LogP contribution is -2.30. The normalized spacial score (nSPS) is 22.8. The fourth-order valence-electron chi connectivity index (χ4n) is 5.13. The molecule has 3 aromatic rings. The minimum Gasteiger partial charge on any atom is -0.475 e. The fraction of sp³-hybridized carbons (Fsp3) is 0.222. The van der Waals surface area contributed by atoms with Crippen LogP contribution < -0.4 is 9.80 Å². The number of benzene rings is 2. The summed E-state index contributed by atoms with van der Waals surface area (Å²) in [6.45, 7) is 2.79. The Labute approximate surface area is 198 Å². The van der Waals surface area contributed by atoms with E-state index in [9.17, 15) is 0 Å². The molecule has 0 bridgehead atoms. The molecule has 170 valence electrons. The van der Waals surface area contributed by atoms with Gasteiger partial charge in [-0.3, -0.25) is 0 Å². The zero-order chi connectivity index (χ0) is 22.5. The molecule has 4 aliphatic heterocycles. The van der Waals surface area contributed by atoms with Gasteiger partial charge in [-0.25, -0.2) is 4.98 Å². The number of pyridine rings is 1. The highest BCUT2D eigenvalue weighted by molar-refractivity contribution is 5.54. The molecule has 7 heteroatoms. The van der Waals surface area contributed by atoms with Crippen LogP contribution in [0.3, 0.4) is 0 Å². The van der Waals surface area contributed by atoms with E-state index in [2.05, 4.69) is 86.6 Å². The zero-order valence-corrected chi connectivity index (χ0v) is 18.7. The second kappa shape index (κ2) is 7.73. The lowest BCUT2D eigenvalue weighted by molar-refractivity contribution is 0.245. The topological polar surface area (TPSA) is 44.3 Å². The van der Waals surface area contributed by atoms with Crippen LogP contribution in [0.2, 0.25) is 0 Å². The molecule has 34 heavy (non-hydrogen) atoms. The molecule has 2 fully saturated rings. The van der Waals surface area contributed by atoms with Crippen molar-refractivity contribution in [2.45, 2.75) is 12.1 Å². The molecule has 2 atom stereocenters. The maximum Gasteiger partial charge on any atom is 0.208 e. The summed E-state index contributed by atoms with van der Waals surface area (Å²) in [6.07, 6.45) is 4.12. The highest BCUT2D eigenvalue weighted by atomic mass is 16.5. The Morgan fingerprint density at radius 3 is 1.53 bits per heavy atom. The number of aromatic nitrogens is 1. The quantitative estimate of drug-likeness (QED) is 0.583. The number of ether oxygens (including phenoxy) is 2. The van der Waals surface area contributed by atoms with Gasteiger partial charge in [-0.1, -0.05) is 66.7 Å². The molecule has 0 amide bonds. The van der Waals surface area contributed by atoms with E-state index in [-0.39, 0.29) is 12.1 Å². The van der Waals surface area contributed by atoms with Crippen LogP contribution in [-0.4, -0.2) is 41.3 Å². The minimum absolute atomic E-state index is 0.225. The van der Waals surface area contributed by atoms with Crippen molar-refractivity contribution in [2.75, 3.05) is 36.4 Å². The van der Waals surface area contributed by atoms with Gasteiger partial charge in [-0.15, -0.1) is 0 Å². The molecule has 5 heterocycles. The number of fused-ring (bicyclic) bond motifs is 2. The summed E-state index contributed by atoms with van der Waals surface area (Å²) in [5, 5.41) is 0. The molecule has 7 rings (SSSR count). The van der Waals surface area contributed by atoms with Crippen LogP contribution in [0.15, 0.2) is 103 Å². The number of nitrogens with zero attached hydrogens (tertiary/aromatic N) is 5. The number of hydrogen-bond acceptors (Lipinski definition) is 7. The maximum absolute atomic E-state index is 6.00. The summed E-state index contributed by atoms with van der Waals surface area (Å²) in [7, 11) is 0. The zero-order valence-electron chi connectivity index (χ0n) is 18.7. The van der Waals surface area contributed by atoms with E-state index >= 15 is 0 Å². The van der Waals surface area contributed by atoms with E-state index in [0.717, 1.165) is 36.7 Å². The van der Waals surface area contributed by atoms with Crippen LogP contribution in [0.5, 0.6) is 0 Å². The molecular formula is C27H25N5O2. The summed E-state index contributed by atoms with van der Waals surface area (Å²) < 4.78 is 12.0. The van der Waals surface area contributed by atoms with E-state index in [1.54, 1.807) is 0 Å². The van der Waals surface area contributed by atoms with Crippen molar-refractivity contribution in [3.63, 3.8) is 0 Å². The van der Waals surface area contributed by atoms with E-state index in [1.807, 2.05) is 24.3 Å². The van der Waals surface area contributed by atoms with Crippen LogP contribution in [0.4, 0.5) is 11.6 Å². The first-order valence-corrected chi connectivity index (χ1v) is 11.7. The van der Waals surface area contributed by atoms with Crippen LogP contribution >= 0.6 is 0 Å². The monoisotopic (exact) mass is 451 g/mol. The molecule has 7 nitrogen and oxygen atoms in total. The summed E-state index contributed by atoms with van der Waals surface area (Å²) >= 11 is 0. The van der Waals surface area contributed by atoms with Gasteiger partial charge in [0.05, 0.1) is 37.8 Å². The molecular weight excluding hydrogens is 426 g/mol. The average molecular weight is 452 g/mol. The lowest BCUT2D eigenvalue weighted by atomic mass is 10.1. The van der Waals surface area contributed by atoms with Crippen LogP contribution in [0.1, 0.15) is 23.2 Å². The number of rotatable bonds is 4. The summed E-state index contributed by atoms with van der Waals surface area (Å²) in [5.41, 5.74) is 2.54. The second-order valence-corrected chi connectivity index (χ2v) is 8.93. The largest absolute Gasteiger partial charge is 0.475 e. The van der Waals surface area contributed by atoms with Crippen molar-refractivity contribution in [2.24, 2.45) is 0 Å². The standard InChI is InChI=1S/C27H25N5O2/c1-3-8-20(9-4-1)22-16-33-26-14-29(18-31(22)26)24-12-7-13-25(28-24)30-15-27-32(19-30)23(17-34-27)21-10-5-2-6-11-21/h1-15,22-23H,16-19H2/t22-,23-/m1/s1. The Balaban J connectivity index is 1.09. The Hall–Kier alpha value is -4.13. The van der Waals surface area contributed by atoms with Gasteiger partial charge >= 0.3 is 0 Å². The summed E-state index contributed by atoms with van der Waals surface area (Å²) in [6, 6.07) is 27.7. The van der Waals surface area contributed by atoms with Gasteiger partial charge in [-0.2, -0.15) is 0 Å². The molecule has 0 radical (unpaired) electrons. The Bertz CT molecular complexity index is 1170. The van der Waals surface area contributed by atoms with Crippen molar-refractivity contribution >= 4 is 11.6 Å². The molecule has 1 aromatic heterocycles. The highest BCUT2D eigenvalue weighted by Crippen LogP contribution is 2.39. The Morgan fingerprint density at radius 2 is 1.06 bits per heavy atom. The van der Waals surface area contributed by atoms with Crippen LogP contribution in [-0.2, 0) is 9.47 Å². The van der Waals surface area contributed by atoms with Gasteiger partial charge < -0.3 is 29.1 Å². The smallest absolute Gasteiger partial charge is 0.208 e. The minimum atomic E-state index is 0.225. The Morgan fingerprint density at radius 1 is 0.588 bits per heavy atom. The number of anilines is 2. The first-order valence-electron chi connectivity index (χ1n) is 11.7. The van der Waals surface area contributed by atoms with Crippen LogP contribution in [0, 0.1) is 0 Å². The van der Waals surface area contributed by atoms with E-state index < -0.39 is 0 Å². The van der Waals surface area contributed by atoms with E-state index in [1.165, 1.54) is 11.1 Å². The van der Waals surface area contributed by atoms with Crippen molar-refractivity contribution < 1.29 is 9.47 Å². The van der Waals surface area contributed by atoms with Crippen LogP contribution in [0.25, 0.3) is 0 Å². The molecule has 0 saturated carbocycles. The van der Waals surface area contributed by atoms with Crippen molar-refractivity contribution in [1.29, 1.82) is 0 Å². The lowest BCUT2D eigenvalue weighted by Gasteiger charge is -2.26. The third-order valence-electron chi connectivity index (χ3n) is 6.92. The number of hydrogen-bond donors (Lipinski definition) is 0. The summed E-state index contributed by atoms with van der Waals surface area (Å²) in [5.74, 6) is 3.62. The Kier molecular flexibility index (Phi) is 4.40. The summed E-state index contributed by atoms with van der Waals surface area (Å²) in [4.78, 5) is 13.9. The van der Waals surface area contributed by atoms with E-state index in [4.69, 9.17) is 14.5 Å². The van der Waals surface area contributed by atoms with Gasteiger partial charge in [0.15, 0.2) is 0 Å². The molecule has 2 aromatic carbocycles. The van der Waals surface area contributed by atoms with Gasteiger partial charge in [0.25, 0.3) is 0 Å². The van der Waals surface area contributed by atoms with Crippen molar-refractivity contribution in [3.05, 3.63) is 114 Å². The van der Waals surface area contributed by atoms with E-state index in [0.29, 0.717) is 13.2 Å². The predicted molar refractivity (Wildman–Crippen MR) is 129 cm³/mol. The van der Waals surface area contributed by atoms with Crippen molar-refractivity contribution in [3.8, 4) is 0 Å². The fourth-order valence-corrected chi connectivity index (χ4v) is 5.13. The van der Waals surface area contributed by atoms with Gasteiger partial charge in [-0.05, 0) is 23.3 Å². The van der Waals surface area contributed by atoms with Crippen molar-refractivity contribution in [1.82, 2.24) is 14.8 Å². The molecule has 2 saturated heterocycles. The first-order chi connectivity index (χ1) is 16.8. The predicted octanol–water partition coefficient (Wildman–Crippen LogP) is 4.38. The maximum atomic E-state index is 6.00. The third kappa shape index (κ3) is 3.15. The SMILES string of the molecule is C1=C2OC[C@H](c3ccccc3)N2CN1c1cccc(N2C=C3OC[C@H](c4ccccc4)N3C2)n1. The second-order valence-electron chi connectivity index (χ2n) is 8.93. The van der Waals surface area contributed by atoms with Gasteiger partial charge in [0, 0.05) is 0 Å². The average Bonchev–Trinajstić information content (AvgIpc) is 3.65. The van der Waals surface area contributed by atoms with Gasteiger partial charge in [0.1, 0.15) is 24.8 Å². The third-order valence-corrected chi connectivity index (χ3v) is 6.92. The first kappa shape index (κ1) is 19.3. The molecule has 0 N–H and O–H groups in total. The highest BCUT2D eigenvalue weighted by Gasteiger charge is 2.38. The molecule has 0 unspecified atom stereocenters.